The maximum atomic E-state index is 12.8. The number of carbonyl (C=O) groups excluding carboxylic acids is 1. The Kier molecular flexibility index (Phi) is 6.50. The molecule has 144 valence electrons. The molecule has 0 spiro atoms. The Labute approximate surface area is 151 Å². The Morgan fingerprint density at radius 2 is 1.96 bits per heavy atom. The number of ether oxygens (including phenoxy) is 1. The molecule has 1 aromatic carbocycles. The molecule has 0 aliphatic carbocycles. The van der Waals surface area contributed by atoms with Crippen LogP contribution in [0.3, 0.4) is 0 Å². The first-order valence-electron chi connectivity index (χ1n) is 8.63. The molecule has 1 aliphatic rings. The maximum Gasteiger partial charge on any atom is 0.416 e. The van der Waals surface area contributed by atoms with Gasteiger partial charge in [-0.2, -0.15) is 13.2 Å². The van der Waals surface area contributed by atoms with E-state index in [1.54, 1.807) is 6.92 Å². The van der Waals surface area contributed by atoms with Crippen LogP contribution in [-0.2, 0) is 15.7 Å². The summed E-state index contributed by atoms with van der Waals surface area (Å²) in [5, 5.41) is 4.08. The Balaban J connectivity index is 2.24. The van der Waals surface area contributed by atoms with Crippen molar-refractivity contribution in [2.24, 2.45) is 16.9 Å². The first-order valence-corrected chi connectivity index (χ1v) is 8.63. The van der Waals surface area contributed by atoms with Crippen molar-refractivity contribution in [2.75, 3.05) is 25.1 Å². The third-order valence-corrected chi connectivity index (χ3v) is 4.11. The molecule has 0 amide bonds. The van der Waals surface area contributed by atoms with Crippen LogP contribution < -0.4 is 5.43 Å². The fourth-order valence-electron chi connectivity index (χ4n) is 3.16. The summed E-state index contributed by atoms with van der Waals surface area (Å²) < 4.78 is 43.5. The quantitative estimate of drug-likeness (QED) is 0.378. The minimum atomic E-state index is -4.44. The number of esters is 1. The van der Waals surface area contributed by atoms with Gasteiger partial charge in [-0.15, -0.1) is 5.10 Å². The van der Waals surface area contributed by atoms with Gasteiger partial charge in [-0.1, -0.05) is 19.9 Å². The molecule has 0 radical (unpaired) electrons. The van der Waals surface area contributed by atoms with Gasteiger partial charge in [0.25, 0.3) is 0 Å². The molecule has 26 heavy (non-hydrogen) atoms. The highest BCUT2D eigenvalue weighted by molar-refractivity contribution is 6.35. The van der Waals surface area contributed by atoms with Gasteiger partial charge in [-0.3, -0.25) is 5.43 Å². The predicted octanol–water partition coefficient (Wildman–Crippen LogP) is 3.97. The number of hydrazone groups is 1. The molecular weight excluding hydrogens is 347 g/mol. The number of nitrogens with one attached hydrogen (secondary N) is 1. The number of hydrogen-bond donors (Lipinski definition) is 1. The highest BCUT2D eigenvalue weighted by Crippen LogP contribution is 2.30. The number of halogens is 3. The SMILES string of the molecule is CCOC(=O)/C(=N\Nc1cccc(C(F)(F)F)c1)N1C[C@@H](C)C[C@H](C)C1. The van der Waals surface area contributed by atoms with E-state index in [1.807, 2.05) is 4.90 Å². The molecule has 0 saturated carbocycles. The molecule has 1 fully saturated rings. The van der Waals surface area contributed by atoms with E-state index < -0.39 is 17.7 Å². The van der Waals surface area contributed by atoms with Crippen LogP contribution in [0.15, 0.2) is 29.4 Å². The Morgan fingerprint density at radius 3 is 2.54 bits per heavy atom. The Morgan fingerprint density at radius 1 is 1.31 bits per heavy atom. The van der Waals surface area contributed by atoms with Gasteiger partial charge in [0.1, 0.15) is 0 Å². The highest BCUT2D eigenvalue weighted by Gasteiger charge is 2.31. The molecule has 0 unspecified atom stereocenters. The maximum absolute atomic E-state index is 12.8. The van der Waals surface area contributed by atoms with Crippen LogP contribution in [0.1, 0.15) is 32.8 Å². The van der Waals surface area contributed by atoms with Crippen LogP contribution in [0.25, 0.3) is 0 Å². The van der Waals surface area contributed by atoms with Gasteiger partial charge in [0.05, 0.1) is 17.9 Å². The third-order valence-electron chi connectivity index (χ3n) is 4.11. The van der Waals surface area contributed by atoms with E-state index >= 15 is 0 Å². The summed E-state index contributed by atoms with van der Waals surface area (Å²) in [4.78, 5) is 14.1. The fourth-order valence-corrected chi connectivity index (χ4v) is 3.16. The zero-order valence-corrected chi connectivity index (χ0v) is 15.1. The van der Waals surface area contributed by atoms with Crippen LogP contribution in [0.4, 0.5) is 18.9 Å². The normalized spacial score (nSPS) is 21.5. The van der Waals surface area contributed by atoms with Crippen molar-refractivity contribution in [2.45, 2.75) is 33.4 Å². The second-order valence-electron chi connectivity index (χ2n) is 6.70. The summed E-state index contributed by atoms with van der Waals surface area (Å²) in [6, 6.07) is 4.68. The number of piperidine rings is 1. The van der Waals surface area contributed by atoms with Gasteiger partial charge >= 0.3 is 12.1 Å². The highest BCUT2D eigenvalue weighted by atomic mass is 19.4. The minimum absolute atomic E-state index is 0.0858. The minimum Gasteiger partial charge on any atom is -0.460 e. The monoisotopic (exact) mass is 371 g/mol. The predicted molar refractivity (Wildman–Crippen MR) is 93.7 cm³/mol. The van der Waals surface area contributed by atoms with Gasteiger partial charge < -0.3 is 9.64 Å². The van der Waals surface area contributed by atoms with Gasteiger partial charge in [-0.25, -0.2) is 4.79 Å². The van der Waals surface area contributed by atoms with E-state index in [2.05, 4.69) is 24.4 Å². The van der Waals surface area contributed by atoms with Crippen LogP contribution in [0.2, 0.25) is 0 Å². The number of benzene rings is 1. The summed E-state index contributed by atoms with van der Waals surface area (Å²) in [6.45, 7) is 7.35. The van der Waals surface area contributed by atoms with Crippen molar-refractivity contribution in [3.63, 3.8) is 0 Å². The topological polar surface area (TPSA) is 53.9 Å². The van der Waals surface area contributed by atoms with E-state index in [1.165, 1.54) is 12.1 Å². The van der Waals surface area contributed by atoms with E-state index in [9.17, 15) is 18.0 Å². The smallest absolute Gasteiger partial charge is 0.416 e. The number of rotatable bonds is 3. The number of alkyl halides is 3. The Bertz CT molecular complexity index is 651. The molecule has 1 heterocycles. The van der Waals surface area contributed by atoms with Crippen LogP contribution in [0, 0.1) is 11.8 Å². The molecule has 0 bridgehead atoms. The lowest BCUT2D eigenvalue weighted by molar-refractivity contribution is -0.138. The zero-order valence-electron chi connectivity index (χ0n) is 15.1. The first-order chi connectivity index (χ1) is 12.2. The summed E-state index contributed by atoms with van der Waals surface area (Å²) >= 11 is 0. The van der Waals surface area contributed by atoms with Crippen molar-refractivity contribution in [3.8, 4) is 0 Å². The lowest BCUT2D eigenvalue weighted by Crippen LogP contribution is -2.46. The lowest BCUT2D eigenvalue weighted by atomic mass is 9.92. The number of amidine groups is 1. The number of nitrogens with zero attached hydrogens (tertiary/aromatic N) is 2. The molecule has 2 rings (SSSR count). The largest absolute Gasteiger partial charge is 0.460 e. The van der Waals surface area contributed by atoms with E-state index in [4.69, 9.17) is 4.74 Å². The second-order valence-corrected chi connectivity index (χ2v) is 6.70. The summed E-state index contributed by atoms with van der Waals surface area (Å²) in [5.74, 6) is 0.259. The number of anilines is 1. The average molecular weight is 371 g/mol. The number of hydrogen-bond acceptors (Lipinski definition) is 4. The van der Waals surface area contributed by atoms with Crippen LogP contribution >= 0.6 is 0 Å². The summed E-state index contributed by atoms with van der Waals surface area (Å²) in [6.07, 6.45) is -3.39. The van der Waals surface area contributed by atoms with E-state index in [0.717, 1.165) is 18.6 Å². The average Bonchev–Trinajstić information content (AvgIpc) is 2.54. The zero-order chi connectivity index (χ0) is 19.3. The molecule has 1 saturated heterocycles. The van der Waals surface area contributed by atoms with Gasteiger partial charge in [0.2, 0.25) is 5.84 Å². The summed E-state index contributed by atoms with van der Waals surface area (Å²) in [7, 11) is 0. The van der Waals surface area contributed by atoms with E-state index in [-0.39, 0.29) is 18.1 Å². The Hall–Kier alpha value is -2.25. The summed E-state index contributed by atoms with van der Waals surface area (Å²) in [5.41, 5.74) is 1.94. The molecule has 5 nitrogen and oxygen atoms in total. The van der Waals surface area contributed by atoms with Gasteiger partial charge in [0, 0.05) is 13.1 Å². The molecular formula is C18H24F3N3O2. The van der Waals surface area contributed by atoms with E-state index in [0.29, 0.717) is 24.9 Å². The van der Waals surface area contributed by atoms with Crippen LogP contribution in [-0.4, -0.2) is 36.4 Å². The standard InChI is InChI=1S/C18H24F3N3O2/c1-4-26-17(25)16(24-10-12(2)8-13(3)11-24)23-22-15-7-5-6-14(9-15)18(19,20)21/h5-7,9,12-13,22H,4,8,10-11H2,1-3H3/b23-16+/t12-,13-/m0/s1. The molecule has 1 N–H and O–H groups in total. The number of carbonyl (C=O) groups is 1. The van der Waals surface area contributed by atoms with Crippen molar-refractivity contribution >= 4 is 17.5 Å². The van der Waals surface area contributed by atoms with Gasteiger partial charge in [-0.05, 0) is 43.4 Å². The lowest BCUT2D eigenvalue weighted by Gasteiger charge is -2.36. The number of likely N-dealkylation sites (tertiary alicyclic amines) is 1. The van der Waals surface area contributed by atoms with Crippen molar-refractivity contribution in [1.29, 1.82) is 0 Å². The van der Waals surface area contributed by atoms with Crippen molar-refractivity contribution in [3.05, 3.63) is 29.8 Å². The second kappa shape index (κ2) is 8.42. The molecule has 8 heteroatoms. The molecule has 0 aromatic heterocycles. The molecule has 1 aromatic rings. The van der Waals surface area contributed by atoms with Gasteiger partial charge in [0.15, 0.2) is 0 Å². The molecule has 1 aliphatic heterocycles. The molecule has 2 atom stereocenters. The first kappa shape index (κ1) is 20.1. The van der Waals surface area contributed by atoms with Crippen molar-refractivity contribution < 1.29 is 22.7 Å². The fraction of sp³-hybridized carbons (Fsp3) is 0.556. The van der Waals surface area contributed by atoms with Crippen LogP contribution in [0.5, 0.6) is 0 Å². The van der Waals surface area contributed by atoms with Crippen molar-refractivity contribution in [1.82, 2.24) is 4.90 Å². The third kappa shape index (κ3) is 5.37.